The zero-order valence-corrected chi connectivity index (χ0v) is 6.02. The van der Waals surface area contributed by atoms with Gasteiger partial charge in [-0.1, -0.05) is 0 Å². The van der Waals surface area contributed by atoms with E-state index < -0.39 is 24.0 Å². The lowest BCUT2D eigenvalue weighted by Gasteiger charge is -1.98. The molecule has 0 aliphatic carbocycles. The fourth-order valence-electron chi connectivity index (χ4n) is 0.518. The average molecular weight is 197 g/mol. The number of ether oxygens (including phenoxy) is 1. The molecule has 4 nitrogen and oxygen atoms in total. The van der Waals surface area contributed by atoms with Gasteiger partial charge >= 0.3 is 12.2 Å². The summed E-state index contributed by atoms with van der Waals surface area (Å²) < 4.78 is 51.4. The molecule has 0 bridgehead atoms. The molecular weight excluding hydrogens is 194 g/mol. The Morgan fingerprint density at radius 3 is 2.46 bits per heavy atom. The molecule has 0 unspecified atom stereocenters. The van der Waals surface area contributed by atoms with Gasteiger partial charge in [0.1, 0.15) is 0 Å². The van der Waals surface area contributed by atoms with Crippen molar-refractivity contribution < 1.29 is 22.3 Å². The normalized spacial score (nSPS) is 11.4. The van der Waals surface area contributed by atoms with Crippen LogP contribution in [-0.2, 0) is 6.18 Å². The maximum absolute atomic E-state index is 11.9. The van der Waals surface area contributed by atoms with E-state index in [1.807, 2.05) is 0 Å². The summed E-state index contributed by atoms with van der Waals surface area (Å²) in [6.07, 6.45) is -4.66. The lowest BCUT2D eigenvalue weighted by Crippen LogP contribution is -2.07. The third kappa shape index (κ3) is 2.42. The highest BCUT2D eigenvalue weighted by atomic mass is 19.4. The molecular formula is C5H3F4N3O. The van der Waals surface area contributed by atoms with E-state index in [2.05, 4.69) is 21.4 Å². The van der Waals surface area contributed by atoms with Crippen molar-refractivity contribution in [2.24, 2.45) is 0 Å². The van der Waals surface area contributed by atoms with E-state index in [-0.39, 0.29) is 0 Å². The molecule has 1 aromatic heterocycles. The highest BCUT2D eigenvalue weighted by Gasteiger charge is 2.35. The minimum absolute atomic E-state index is 0.764. The molecule has 72 valence electrons. The smallest absolute Gasteiger partial charge is 0.396 e. The minimum Gasteiger partial charge on any atom is -0.396 e. The summed E-state index contributed by atoms with van der Waals surface area (Å²) >= 11 is 0. The van der Waals surface area contributed by atoms with Gasteiger partial charge in [-0.05, 0) is 6.58 Å². The fourth-order valence-corrected chi connectivity index (χ4v) is 0.518. The van der Waals surface area contributed by atoms with Gasteiger partial charge in [-0.15, -0.1) is 5.10 Å². The van der Waals surface area contributed by atoms with Crippen LogP contribution in [0.1, 0.15) is 5.82 Å². The number of aromatic nitrogens is 3. The quantitative estimate of drug-likeness (QED) is 0.579. The Morgan fingerprint density at radius 2 is 2.08 bits per heavy atom. The van der Waals surface area contributed by atoms with E-state index in [4.69, 9.17) is 0 Å². The van der Waals surface area contributed by atoms with Gasteiger partial charge in [-0.25, -0.2) is 0 Å². The first kappa shape index (κ1) is 9.49. The number of H-pyrrole nitrogens is 1. The van der Waals surface area contributed by atoms with Crippen LogP contribution >= 0.6 is 0 Å². The van der Waals surface area contributed by atoms with E-state index in [1.54, 1.807) is 0 Å². The van der Waals surface area contributed by atoms with Gasteiger partial charge < -0.3 is 4.74 Å². The molecule has 0 aliphatic heterocycles. The van der Waals surface area contributed by atoms with Crippen molar-refractivity contribution in [2.45, 2.75) is 6.18 Å². The second-order valence-electron chi connectivity index (χ2n) is 1.92. The van der Waals surface area contributed by atoms with Crippen LogP contribution in [0.2, 0.25) is 0 Å². The summed E-state index contributed by atoms with van der Waals surface area (Å²) in [7, 11) is 0. The summed E-state index contributed by atoms with van der Waals surface area (Å²) in [6, 6.07) is -2.05. The van der Waals surface area contributed by atoms with Gasteiger partial charge in [-0.3, -0.25) is 5.10 Å². The van der Waals surface area contributed by atoms with Crippen molar-refractivity contribution in [2.75, 3.05) is 0 Å². The predicted molar refractivity (Wildman–Crippen MR) is 32.3 cm³/mol. The number of halogens is 4. The highest BCUT2D eigenvalue weighted by molar-refractivity contribution is 5.00. The third-order valence-corrected chi connectivity index (χ3v) is 0.935. The molecule has 0 saturated heterocycles. The Kier molecular flexibility index (Phi) is 2.22. The number of hydrogen-bond donors (Lipinski definition) is 1. The molecule has 1 heterocycles. The molecule has 1 N–H and O–H groups in total. The van der Waals surface area contributed by atoms with Crippen molar-refractivity contribution in [3.05, 3.63) is 18.4 Å². The Morgan fingerprint density at radius 1 is 1.46 bits per heavy atom. The number of rotatable bonds is 2. The average Bonchev–Trinajstić information content (AvgIpc) is 2.32. The van der Waals surface area contributed by atoms with E-state index >= 15 is 0 Å². The number of nitrogens with one attached hydrogen (secondary N) is 1. The maximum Gasteiger partial charge on any atom is 0.451 e. The van der Waals surface area contributed by atoms with E-state index in [1.165, 1.54) is 5.10 Å². The minimum atomic E-state index is -4.66. The van der Waals surface area contributed by atoms with Crippen molar-refractivity contribution in [1.82, 2.24) is 15.2 Å². The highest BCUT2D eigenvalue weighted by Crippen LogP contribution is 2.26. The molecule has 1 aromatic rings. The number of nitrogens with zero attached hydrogens (tertiary/aromatic N) is 2. The van der Waals surface area contributed by atoms with Gasteiger partial charge in [0.2, 0.25) is 5.82 Å². The van der Waals surface area contributed by atoms with Crippen molar-refractivity contribution >= 4 is 0 Å². The van der Waals surface area contributed by atoms with E-state index in [0.29, 0.717) is 0 Å². The SMILES string of the molecule is C=C(F)Oc1n[nH]c(C(F)(F)F)n1. The fraction of sp³-hybridized carbons (Fsp3) is 0.200. The maximum atomic E-state index is 11.9. The van der Waals surface area contributed by atoms with Crippen LogP contribution in [-0.4, -0.2) is 15.2 Å². The summed E-state index contributed by atoms with van der Waals surface area (Å²) in [5.74, 6) is -1.36. The van der Waals surface area contributed by atoms with Gasteiger partial charge in [-0.2, -0.15) is 22.5 Å². The second-order valence-corrected chi connectivity index (χ2v) is 1.92. The van der Waals surface area contributed by atoms with Crippen LogP contribution in [0.15, 0.2) is 12.6 Å². The first-order chi connectivity index (χ1) is 5.89. The topological polar surface area (TPSA) is 50.8 Å². The molecule has 0 saturated carbocycles. The molecule has 0 fully saturated rings. The van der Waals surface area contributed by atoms with Crippen molar-refractivity contribution in [3.8, 4) is 6.01 Å². The molecule has 0 amide bonds. The standard InChI is InChI=1S/C5H3F4N3O/c1-2(6)13-4-10-3(11-12-4)5(7,8)9/h1H2,(H,10,11,12). The van der Waals surface area contributed by atoms with Crippen LogP contribution in [0.3, 0.4) is 0 Å². The first-order valence-electron chi connectivity index (χ1n) is 2.91. The van der Waals surface area contributed by atoms with Crippen LogP contribution in [0.25, 0.3) is 0 Å². The van der Waals surface area contributed by atoms with Gasteiger partial charge in [0.05, 0.1) is 0 Å². The monoisotopic (exact) mass is 197 g/mol. The van der Waals surface area contributed by atoms with E-state index in [0.717, 1.165) is 0 Å². The molecule has 0 atom stereocenters. The number of alkyl halides is 3. The van der Waals surface area contributed by atoms with Crippen LogP contribution in [0.5, 0.6) is 6.01 Å². The van der Waals surface area contributed by atoms with Crippen molar-refractivity contribution in [1.29, 1.82) is 0 Å². The van der Waals surface area contributed by atoms with E-state index in [9.17, 15) is 17.6 Å². The summed E-state index contributed by atoms with van der Waals surface area (Å²) in [4.78, 5) is 2.81. The molecule has 0 aromatic carbocycles. The zero-order chi connectivity index (χ0) is 10.1. The summed E-state index contributed by atoms with van der Waals surface area (Å²) in [6.45, 7) is 2.66. The molecule has 8 heteroatoms. The Labute approximate surface area is 69.2 Å². The molecule has 0 aliphatic rings. The Balaban J connectivity index is 2.81. The van der Waals surface area contributed by atoms with Gasteiger partial charge in [0, 0.05) is 0 Å². The first-order valence-corrected chi connectivity index (χ1v) is 2.91. The van der Waals surface area contributed by atoms with Crippen molar-refractivity contribution in [3.63, 3.8) is 0 Å². The lowest BCUT2D eigenvalue weighted by atomic mass is 10.6. The summed E-state index contributed by atoms with van der Waals surface area (Å²) in [5, 5.41) is 4.48. The largest absolute Gasteiger partial charge is 0.451 e. The summed E-state index contributed by atoms with van der Waals surface area (Å²) in [5.41, 5.74) is 0. The molecule has 0 spiro atoms. The zero-order valence-electron chi connectivity index (χ0n) is 6.02. The lowest BCUT2D eigenvalue weighted by molar-refractivity contribution is -0.144. The Hall–Kier alpha value is -1.60. The van der Waals surface area contributed by atoms with Crippen LogP contribution in [0, 0.1) is 0 Å². The molecule has 13 heavy (non-hydrogen) atoms. The molecule has 1 rings (SSSR count). The molecule has 0 radical (unpaired) electrons. The second kappa shape index (κ2) is 3.04. The number of aromatic amines is 1. The van der Waals surface area contributed by atoms with Gasteiger partial charge in [0.15, 0.2) is 0 Å². The van der Waals surface area contributed by atoms with Crippen LogP contribution < -0.4 is 4.74 Å². The number of hydrogen-bond acceptors (Lipinski definition) is 3. The predicted octanol–water partition coefficient (Wildman–Crippen LogP) is 1.64. The third-order valence-electron chi connectivity index (χ3n) is 0.935. The van der Waals surface area contributed by atoms with Crippen LogP contribution in [0.4, 0.5) is 17.6 Å². The Bertz CT molecular complexity index is 318. The van der Waals surface area contributed by atoms with Gasteiger partial charge in [0.25, 0.3) is 6.01 Å².